The van der Waals surface area contributed by atoms with Crippen LogP contribution < -0.4 is 0 Å². The zero-order valence-electron chi connectivity index (χ0n) is 31.7. The SMILES string of the molecule is C=CC(=O)OCC(F)(F)C(F)(F)OCC(F)(COCCOCC(F)(COC(F)(F)C(F)(F)COC(=O)C=C)OC(F)(F)C(F)(F)COC(=O)C=C)OC(F)(F)C(F)(F)COC(=O)C=C. The first-order chi connectivity index (χ1) is 28.9. The van der Waals surface area contributed by atoms with Crippen LogP contribution in [0.5, 0.6) is 0 Å². The Morgan fingerprint density at radius 3 is 0.781 bits per heavy atom. The van der Waals surface area contributed by atoms with Crippen molar-refractivity contribution in [3.8, 4) is 0 Å². The lowest BCUT2D eigenvalue weighted by Crippen LogP contribution is -2.56. The van der Waals surface area contributed by atoms with Crippen molar-refractivity contribution in [2.24, 2.45) is 0 Å². The minimum atomic E-state index is -6.31. The summed E-state index contributed by atoms with van der Waals surface area (Å²) in [7, 11) is 0. The zero-order valence-corrected chi connectivity index (χ0v) is 31.7. The molecule has 0 aromatic heterocycles. The highest BCUT2D eigenvalue weighted by Gasteiger charge is 2.66. The molecule has 370 valence electrons. The monoisotopic (exact) mass is 982 g/mol. The first-order valence-electron chi connectivity index (χ1n) is 16.3. The Morgan fingerprint density at radius 2 is 0.562 bits per heavy atom. The fourth-order valence-electron chi connectivity index (χ4n) is 3.20. The van der Waals surface area contributed by atoms with Gasteiger partial charge in [0.25, 0.3) is 11.7 Å². The molecule has 0 bridgehead atoms. The average molecular weight is 983 g/mol. The second-order valence-electron chi connectivity index (χ2n) is 11.8. The molecular formula is C32H32F18O14. The van der Waals surface area contributed by atoms with Crippen LogP contribution >= 0.6 is 0 Å². The summed E-state index contributed by atoms with van der Waals surface area (Å²) in [5.74, 6) is -40.1. The lowest BCUT2D eigenvalue weighted by atomic mass is 10.3. The maximum Gasteiger partial charge on any atom is 0.425 e. The topological polar surface area (TPSA) is 161 Å². The van der Waals surface area contributed by atoms with Crippen molar-refractivity contribution in [3.05, 3.63) is 50.6 Å². The number of esters is 4. The Labute approximate surface area is 346 Å². The quantitative estimate of drug-likeness (QED) is 0.0239. The smallest absolute Gasteiger partial charge is 0.425 e. The Balaban J connectivity index is 6.43. The van der Waals surface area contributed by atoms with E-state index in [1.807, 2.05) is 0 Å². The highest BCUT2D eigenvalue weighted by Crippen LogP contribution is 2.44. The van der Waals surface area contributed by atoms with Crippen molar-refractivity contribution in [1.29, 1.82) is 0 Å². The maximum absolute atomic E-state index is 15.5. The lowest BCUT2D eigenvalue weighted by molar-refractivity contribution is -0.434. The van der Waals surface area contributed by atoms with Crippen LogP contribution in [-0.2, 0) is 66.5 Å². The van der Waals surface area contributed by atoms with Crippen molar-refractivity contribution in [2.45, 2.75) is 59.8 Å². The molecule has 0 rings (SSSR count). The summed E-state index contributed by atoms with van der Waals surface area (Å²) in [6.45, 7) is -13.6. The van der Waals surface area contributed by atoms with Crippen molar-refractivity contribution >= 4 is 23.9 Å². The number of carbonyl (C=O) groups is 4. The van der Waals surface area contributed by atoms with Crippen LogP contribution in [0.4, 0.5) is 79.0 Å². The van der Waals surface area contributed by atoms with Crippen LogP contribution in [-0.4, -0.2) is 150 Å². The van der Waals surface area contributed by atoms with E-state index in [-0.39, 0.29) is 24.3 Å². The summed E-state index contributed by atoms with van der Waals surface area (Å²) < 4.78 is 295. The van der Waals surface area contributed by atoms with Gasteiger partial charge in [0.1, 0.15) is 26.4 Å². The number of hydrogen-bond acceptors (Lipinski definition) is 14. The third kappa shape index (κ3) is 18.1. The molecule has 0 N–H and O–H groups in total. The van der Waals surface area contributed by atoms with Crippen molar-refractivity contribution < 1.29 is 146 Å². The Morgan fingerprint density at radius 1 is 0.344 bits per heavy atom. The summed E-state index contributed by atoms with van der Waals surface area (Å²) in [6, 6.07) is 0. The van der Waals surface area contributed by atoms with Gasteiger partial charge in [0.05, 0.1) is 13.2 Å². The lowest BCUT2D eigenvalue weighted by Gasteiger charge is -2.35. The molecule has 0 aliphatic rings. The maximum atomic E-state index is 15.5. The van der Waals surface area contributed by atoms with Crippen LogP contribution in [0, 0.1) is 0 Å². The van der Waals surface area contributed by atoms with Gasteiger partial charge in [-0.2, -0.15) is 70.2 Å². The largest absolute Gasteiger partial charge is 0.456 e. The van der Waals surface area contributed by atoms with Gasteiger partial charge < -0.3 is 37.9 Å². The zero-order chi connectivity index (χ0) is 50.3. The van der Waals surface area contributed by atoms with Crippen LogP contribution in [0.1, 0.15) is 0 Å². The minimum Gasteiger partial charge on any atom is -0.456 e. The summed E-state index contributed by atoms with van der Waals surface area (Å²) >= 11 is 0. The molecule has 0 aliphatic heterocycles. The molecule has 0 aromatic carbocycles. The normalized spacial score (nSPS) is 15.2. The molecule has 0 saturated heterocycles. The van der Waals surface area contributed by atoms with Gasteiger partial charge >= 0.3 is 72.0 Å². The number of halogens is 18. The van der Waals surface area contributed by atoms with E-state index in [0.717, 1.165) is 0 Å². The number of ether oxygens (including phenoxy) is 10. The standard InChI is InChI=1S/C32H32F18O14/c1-5-19(51)57-15-25(35,36)29(43,44)61-13-23(33,63-31(47,48)27(39,40)17-59-21(53)7-3)11-55-9-10-56-12-24(34,64-32(49,50)28(41,42)18-60-22(54)8-4)14-62-30(45,46)26(37,38)16-58-20(52)6-2/h5-8H,1-4,9-18H2. The molecule has 0 aliphatic carbocycles. The third-order valence-electron chi connectivity index (χ3n) is 6.52. The van der Waals surface area contributed by atoms with E-state index in [9.17, 15) is 89.4 Å². The van der Waals surface area contributed by atoms with E-state index >= 15 is 8.78 Å². The molecule has 2 unspecified atom stereocenters. The van der Waals surface area contributed by atoms with Gasteiger partial charge in [0.2, 0.25) is 0 Å². The Kier molecular flexibility index (Phi) is 21.3. The molecule has 0 saturated carbocycles. The van der Waals surface area contributed by atoms with Gasteiger partial charge in [-0.3, -0.25) is 9.47 Å². The van der Waals surface area contributed by atoms with Crippen molar-refractivity contribution in [1.82, 2.24) is 0 Å². The molecule has 0 heterocycles. The van der Waals surface area contributed by atoms with E-state index < -0.39 is 150 Å². The van der Waals surface area contributed by atoms with Gasteiger partial charge in [-0.05, 0) is 0 Å². The third-order valence-corrected chi connectivity index (χ3v) is 6.52. The predicted molar refractivity (Wildman–Crippen MR) is 168 cm³/mol. The number of alkyl halides is 18. The van der Waals surface area contributed by atoms with E-state index in [1.54, 1.807) is 0 Å². The molecule has 0 aromatic rings. The second-order valence-corrected chi connectivity index (χ2v) is 11.8. The molecule has 14 nitrogen and oxygen atoms in total. The summed E-state index contributed by atoms with van der Waals surface area (Å²) in [5, 5.41) is 0. The van der Waals surface area contributed by atoms with Crippen LogP contribution in [0.2, 0.25) is 0 Å². The Bertz CT molecular complexity index is 1510. The fourth-order valence-corrected chi connectivity index (χ4v) is 3.20. The highest BCUT2D eigenvalue weighted by atomic mass is 19.3. The van der Waals surface area contributed by atoms with Crippen molar-refractivity contribution in [2.75, 3.05) is 66.1 Å². The molecule has 32 heteroatoms. The van der Waals surface area contributed by atoms with E-state index in [1.165, 1.54) is 0 Å². The van der Waals surface area contributed by atoms with Crippen LogP contribution in [0.15, 0.2) is 50.6 Å². The van der Waals surface area contributed by atoms with E-state index in [0.29, 0.717) is 0 Å². The summed E-state index contributed by atoms with van der Waals surface area (Å²) in [4.78, 5) is 44.1. The molecule has 0 radical (unpaired) electrons. The van der Waals surface area contributed by atoms with Crippen LogP contribution in [0.25, 0.3) is 0 Å². The van der Waals surface area contributed by atoms with Crippen molar-refractivity contribution in [3.63, 3.8) is 0 Å². The van der Waals surface area contributed by atoms with E-state index in [2.05, 4.69) is 73.7 Å². The molecule has 2 atom stereocenters. The van der Waals surface area contributed by atoms with Gasteiger partial charge in [-0.15, -0.1) is 0 Å². The summed E-state index contributed by atoms with van der Waals surface area (Å²) in [5.41, 5.74) is 0. The molecule has 0 fully saturated rings. The second kappa shape index (κ2) is 23.0. The summed E-state index contributed by atoms with van der Waals surface area (Å²) in [6.07, 6.45) is -24.1. The van der Waals surface area contributed by atoms with Gasteiger partial charge in [-0.1, -0.05) is 26.3 Å². The first kappa shape index (κ1) is 59.3. The first-order valence-corrected chi connectivity index (χ1v) is 16.3. The van der Waals surface area contributed by atoms with Gasteiger partial charge in [0, 0.05) is 24.3 Å². The predicted octanol–water partition coefficient (Wildman–Crippen LogP) is 6.25. The molecule has 64 heavy (non-hydrogen) atoms. The number of carbonyl (C=O) groups excluding carboxylic acids is 4. The highest BCUT2D eigenvalue weighted by molar-refractivity contribution is 5.82. The fraction of sp³-hybridized carbons (Fsp3) is 0.625. The number of hydrogen-bond donors (Lipinski definition) is 0. The number of rotatable bonds is 33. The molecular weight excluding hydrogens is 950 g/mol. The van der Waals surface area contributed by atoms with Gasteiger partial charge in [-0.25, -0.2) is 28.0 Å². The Hall–Kier alpha value is -4.66. The molecule has 0 spiro atoms. The average Bonchev–Trinajstić information content (AvgIpc) is 3.19. The van der Waals surface area contributed by atoms with E-state index in [4.69, 9.17) is 0 Å². The van der Waals surface area contributed by atoms with Gasteiger partial charge in [0.15, 0.2) is 26.4 Å². The molecule has 0 amide bonds. The minimum absolute atomic E-state index is 0.157. The van der Waals surface area contributed by atoms with Crippen LogP contribution in [0.3, 0.4) is 0 Å².